The van der Waals surface area contributed by atoms with Gasteiger partial charge in [-0.1, -0.05) is 11.6 Å². The lowest BCUT2D eigenvalue weighted by molar-refractivity contribution is -0.384. The van der Waals surface area contributed by atoms with Gasteiger partial charge in [0.2, 0.25) is 5.91 Å². The summed E-state index contributed by atoms with van der Waals surface area (Å²) in [6.07, 6.45) is -1.03. The molecule has 8 nitrogen and oxygen atoms in total. The van der Waals surface area contributed by atoms with Crippen molar-refractivity contribution in [2.45, 2.75) is 38.7 Å². The number of aromatic nitrogens is 2. The highest BCUT2D eigenvalue weighted by atomic mass is 35.5. The van der Waals surface area contributed by atoms with Gasteiger partial charge in [0.25, 0.3) is 12.1 Å². The van der Waals surface area contributed by atoms with Gasteiger partial charge in [0, 0.05) is 28.8 Å². The molecule has 1 saturated carbocycles. The zero-order chi connectivity index (χ0) is 23.7. The number of alkyl halides is 2. The number of carbonyl (C=O) groups excluding carboxylic acids is 1. The molecule has 1 aromatic heterocycles. The van der Waals surface area contributed by atoms with Gasteiger partial charge in [0.15, 0.2) is 0 Å². The SMILES string of the molecule is Cc1cc(Cl)ccc1Oc1cc(NC(=O)Cn2nc(C(F)F)cc2C2CC2)cc([N+](=O)[O-])c1. The number of non-ortho nitro benzene ring substituents is 1. The minimum Gasteiger partial charge on any atom is -0.457 e. The minimum atomic E-state index is -2.74. The first-order chi connectivity index (χ1) is 15.7. The first-order valence-electron chi connectivity index (χ1n) is 10.1. The molecule has 0 bridgehead atoms. The van der Waals surface area contributed by atoms with Crippen LogP contribution in [0.25, 0.3) is 0 Å². The molecule has 1 N–H and O–H groups in total. The van der Waals surface area contributed by atoms with E-state index in [1.165, 1.54) is 28.9 Å². The number of halogens is 3. The number of carbonyl (C=O) groups is 1. The molecule has 1 fully saturated rings. The highest BCUT2D eigenvalue weighted by Gasteiger charge is 2.30. The molecule has 172 valence electrons. The number of amides is 1. The Bertz CT molecular complexity index is 1230. The topological polar surface area (TPSA) is 99.3 Å². The number of hydrogen-bond donors (Lipinski definition) is 1. The molecule has 11 heteroatoms. The van der Waals surface area contributed by atoms with Crippen molar-refractivity contribution in [3.8, 4) is 11.5 Å². The molecule has 0 atom stereocenters. The summed E-state index contributed by atoms with van der Waals surface area (Å²) >= 11 is 5.95. The second-order valence-electron chi connectivity index (χ2n) is 7.76. The van der Waals surface area contributed by atoms with E-state index in [9.17, 15) is 23.7 Å². The largest absolute Gasteiger partial charge is 0.457 e. The van der Waals surface area contributed by atoms with E-state index >= 15 is 0 Å². The lowest BCUT2D eigenvalue weighted by atomic mass is 10.2. The summed E-state index contributed by atoms with van der Waals surface area (Å²) in [6, 6.07) is 10.1. The first-order valence-corrected chi connectivity index (χ1v) is 10.5. The van der Waals surface area contributed by atoms with Gasteiger partial charge in [-0.15, -0.1) is 0 Å². The van der Waals surface area contributed by atoms with E-state index in [1.807, 2.05) is 0 Å². The molecule has 4 rings (SSSR count). The van der Waals surface area contributed by atoms with Gasteiger partial charge in [0.05, 0.1) is 16.7 Å². The van der Waals surface area contributed by atoms with E-state index in [0.29, 0.717) is 16.5 Å². The first kappa shape index (κ1) is 22.7. The van der Waals surface area contributed by atoms with E-state index in [4.69, 9.17) is 16.3 Å². The van der Waals surface area contributed by atoms with Crippen molar-refractivity contribution in [1.82, 2.24) is 9.78 Å². The highest BCUT2D eigenvalue weighted by molar-refractivity contribution is 6.30. The predicted molar refractivity (Wildman–Crippen MR) is 117 cm³/mol. The number of nitro benzene ring substituents is 1. The van der Waals surface area contributed by atoms with Crippen LogP contribution in [0.5, 0.6) is 11.5 Å². The standard InChI is InChI=1S/C22H19ClF2N4O4/c1-12-6-14(23)4-5-20(12)33-17-8-15(7-16(9-17)29(31)32)26-21(30)11-28-19(13-2-3-13)10-18(27-28)22(24)25/h4-10,13,22H,2-3,11H2,1H3,(H,26,30). The molecule has 0 aliphatic heterocycles. The van der Waals surface area contributed by atoms with Gasteiger partial charge in [-0.25, -0.2) is 8.78 Å². The van der Waals surface area contributed by atoms with Gasteiger partial charge < -0.3 is 10.1 Å². The normalized spacial score (nSPS) is 13.2. The Morgan fingerprint density at radius 2 is 2.06 bits per heavy atom. The maximum atomic E-state index is 13.1. The third-order valence-corrected chi connectivity index (χ3v) is 5.33. The summed E-state index contributed by atoms with van der Waals surface area (Å²) in [5, 5.41) is 18.3. The molecule has 2 aromatic carbocycles. The van der Waals surface area contributed by atoms with Crippen LogP contribution in [0.4, 0.5) is 20.2 Å². The van der Waals surface area contributed by atoms with Crippen molar-refractivity contribution in [2.24, 2.45) is 0 Å². The van der Waals surface area contributed by atoms with Gasteiger partial charge in [-0.3, -0.25) is 19.6 Å². The van der Waals surface area contributed by atoms with Crippen LogP contribution >= 0.6 is 11.6 Å². The monoisotopic (exact) mass is 476 g/mol. The molecule has 0 spiro atoms. The fourth-order valence-electron chi connectivity index (χ4n) is 3.40. The third-order valence-electron chi connectivity index (χ3n) is 5.09. The summed E-state index contributed by atoms with van der Waals surface area (Å²) in [4.78, 5) is 23.4. The highest BCUT2D eigenvalue weighted by Crippen LogP contribution is 2.41. The molecule has 1 amide bonds. The summed E-state index contributed by atoms with van der Waals surface area (Å²) in [5.41, 5.74) is 0.772. The second kappa shape index (κ2) is 9.14. The number of rotatable bonds is 8. The Kier molecular flexibility index (Phi) is 6.28. The average Bonchev–Trinajstić information content (AvgIpc) is 3.50. The quantitative estimate of drug-likeness (QED) is 0.317. The number of anilines is 1. The zero-order valence-electron chi connectivity index (χ0n) is 17.4. The molecule has 1 aliphatic rings. The molecule has 0 saturated heterocycles. The van der Waals surface area contributed by atoms with E-state index in [2.05, 4.69) is 10.4 Å². The fourth-order valence-corrected chi connectivity index (χ4v) is 3.63. The van der Waals surface area contributed by atoms with E-state index in [-0.39, 0.29) is 35.3 Å². The van der Waals surface area contributed by atoms with Crippen LogP contribution in [0.15, 0.2) is 42.5 Å². The molecule has 1 heterocycles. The van der Waals surface area contributed by atoms with E-state index in [1.54, 1.807) is 25.1 Å². The molecule has 3 aromatic rings. The maximum absolute atomic E-state index is 13.1. The van der Waals surface area contributed by atoms with Crippen molar-refractivity contribution >= 4 is 28.9 Å². The number of hydrogen-bond acceptors (Lipinski definition) is 5. The van der Waals surface area contributed by atoms with Crippen molar-refractivity contribution in [3.05, 3.63) is 74.6 Å². The Hall–Kier alpha value is -3.53. The summed E-state index contributed by atoms with van der Waals surface area (Å²) in [6.45, 7) is 1.48. The van der Waals surface area contributed by atoms with Gasteiger partial charge in [-0.2, -0.15) is 5.10 Å². The second-order valence-corrected chi connectivity index (χ2v) is 8.20. The van der Waals surface area contributed by atoms with Crippen LogP contribution in [0, 0.1) is 17.0 Å². The fraction of sp³-hybridized carbons (Fsp3) is 0.273. The molecule has 33 heavy (non-hydrogen) atoms. The average molecular weight is 477 g/mol. The van der Waals surface area contributed by atoms with Crippen LogP contribution in [0.3, 0.4) is 0 Å². The van der Waals surface area contributed by atoms with Crippen molar-refractivity contribution < 1.29 is 23.2 Å². The minimum absolute atomic E-state index is 0.109. The van der Waals surface area contributed by atoms with Crippen LogP contribution in [-0.4, -0.2) is 20.6 Å². The van der Waals surface area contributed by atoms with Gasteiger partial charge >= 0.3 is 0 Å². The number of benzene rings is 2. The van der Waals surface area contributed by atoms with Gasteiger partial charge in [0.1, 0.15) is 23.7 Å². The number of nitrogens with zero attached hydrogens (tertiary/aromatic N) is 3. The van der Waals surface area contributed by atoms with Gasteiger partial charge in [-0.05, 0) is 49.6 Å². The summed E-state index contributed by atoms with van der Waals surface area (Å²) in [7, 11) is 0. The Morgan fingerprint density at radius 3 is 2.70 bits per heavy atom. The van der Waals surface area contributed by atoms with Crippen molar-refractivity contribution in [2.75, 3.05) is 5.32 Å². The van der Waals surface area contributed by atoms with Crippen LogP contribution < -0.4 is 10.1 Å². The van der Waals surface area contributed by atoms with Crippen LogP contribution in [0.2, 0.25) is 5.02 Å². The number of nitro groups is 1. The smallest absolute Gasteiger partial charge is 0.282 e. The lowest BCUT2D eigenvalue weighted by Gasteiger charge is -2.12. The Labute approximate surface area is 192 Å². The summed E-state index contributed by atoms with van der Waals surface area (Å²) < 4.78 is 33.2. The molecule has 0 unspecified atom stereocenters. The molecular weight excluding hydrogens is 458 g/mol. The van der Waals surface area contributed by atoms with Crippen LogP contribution in [-0.2, 0) is 11.3 Å². The Balaban J connectivity index is 1.55. The molecule has 1 aliphatic carbocycles. The Morgan fingerprint density at radius 1 is 1.30 bits per heavy atom. The summed E-state index contributed by atoms with van der Waals surface area (Å²) in [5.74, 6) is 0.137. The van der Waals surface area contributed by atoms with Crippen LogP contribution in [0.1, 0.15) is 42.1 Å². The zero-order valence-corrected chi connectivity index (χ0v) is 18.2. The third kappa shape index (κ3) is 5.46. The molecule has 0 radical (unpaired) electrons. The number of ether oxygens (including phenoxy) is 1. The van der Waals surface area contributed by atoms with E-state index < -0.39 is 17.3 Å². The maximum Gasteiger partial charge on any atom is 0.282 e. The number of aryl methyl sites for hydroxylation is 1. The van der Waals surface area contributed by atoms with Crippen molar-refractivity contribution in [3.63, 3.8) is 0 Å². The van der Waals surface area contributed by atoms with Crippen molar-refractivity contribution in [1.29, 1.82) is 0 Å². The number of nitrogens with one attached hydrogen (secondary N) is 1. The van der Waals surface area contributed by atoms with E-state index in [0.717, 1.165) is 18.4 Å². The predicted octanol–water partition coefficient (Wildman–Crippen LogP) is 6.00. The molecular formula is C22H19ClF2N4O4. The lowest BCUT2D eigenvalue weighted by Crippen LogP contribution is -2.21.